The highest BCUT2D eigenvalue weighted by Crippen LogP contribution is 2.19. The molecule has 0 unspecified atom stereocenters. The smallest absolute Gasteiger partial charge is 0.339 e. The first-order valence-corrected chi connectivity index (χ1v) is 6.00. The van der Waals surface area contributed by atoms with Crippen LogP contribution in [-0.4, -0.2) is 41.6 Å². The highest BCUT2D eigenvalue weighted by molar-refractivity contribution is 5.95. The van der Waals surface area contributed by atoms with Gasteiger partial charge >= 0.3 is 5.97 Å². The molecule has 0 atom stereocenters. The first-order chi connectivity index (χ1) is 8.99. The second-order valence-electron chi connectivity index (χ2n) is 3.91. The number of aromatic nitrogens is 1. The zero-order valence-corrected chi connectivity index (χ0v) is 11.0. The molecule has 1 aromatic heterocycles. The van der Waals surface area contributed by atoms with E-state index in [0.717, 1.165) is 0 Å². The third kappa shape index (κ3) is 3.84. The molecule has 1 amide bonds. The molecule has 1 heterocycles. The molecule has 1 aromatic rings. The molecule has 0 bridgehead atoms. The normalized spacial score (nSPS) is 10.0. The first kappa shape index (κ1) is 14.7. The van der Waals surface area contributed by atoms with E-state index in [0.29, 0.717) is 13.1 Å². The maximum absolute atomic E-state index is 11.6. The van der Waals surface area contributed by atoms with Crippen LogP contribution in [0.2, 0.25) is 0 Å². The van der Waals surface area contributed by atoms with Gasteiger partial charge in [0, 0.05) is 13.1 Å². The van der Waals surface area contributed by atoms with Gasteiger partial charge in [-0.05, 0) is 19.9 Å². The summed E-state index contributed by atoms with van der Waals surface area (Å²) in [5, 5.41) is 11.8. The van der Waals surface area contributed by atoms with Gasteiger partial charge in [-0.15, -0.1) is 0 Å². The first-order valence-electron chi connectivity index (χ1n) is 6.00. The minimum absolute atomic E-state index is 0.00820. The number of rotatable bonds is 6. The number of anilines is 2. The number of pyridine rings is 1. The van der Waals surface area contributed by atoms with Gasteiger partial charge in [-0.25, -0.2) is 9.78 Å². The maximum atomic E-state index is 11.6. The van der Waals surface area contributed by atoms with Crippen LogP contribution in [0.15, 0.2) is 12.3 Å². The number of carbonyl (C=O) groups is 2. The van der Waals surface area contributed by atoms with E-state index in [9.17, 15) is 9.59 Å². The van der Waals surface area contributed by atoms with Crippen LogP contribution in [0.1, 0.15) is 24.2 Å². The maximum Gasteiger partial charge on any atom is 0.339 e. The number of hydrogen-bond acceptors (Lipinski definition) is 5. The van der Waals surface area contributed by atoms with Gasteiger partial charge in [0.25, 0.3) is 0 Å². The molecule has 1 rings (SSSR count). The molecule has 0 fully saturated rings. The number of nitrogens with two attached hydrogens (primary N) is 1. The summed E-state index contributed by atoms with van der Waals surface area (Å²) in [6, 6.07) is 1.34. The number of likely N-dealkylation sites (N-methyl/N-ethyl adjacent to an activating group) is 2. The minimum Gasteiger partial charge on any atom is -0.478 e. The Balaban J connectivity index is 3.04. The van der Waals surface area contributed by atoms with Crippen molar-refractivity contribution in [3.8, 4) is 0 Å². The van der Waals surface area contributed by atoms with Gasteiger partial charge in [0.05, 0.1) is 18.4 Å². The average Bonchev–Trinajstić information content (AvgIpc) is 2.36. The van der Waals surface area contributed by atoms with Crippen molar-refractivity contribution in [2.75, 3.05) is 30.3 Å². The molecular formula is C12H18N4O3. The fraction of sp³-hybridized carbons (Fsp3) is 0.417. The quantitative estimate of drug-likeness (QED) is 0.684. The zero-order chi connectivity index (χ0) is 14.4. The van der Waals surface area contributed by atoms with Crippen molar-refractivity contribution in [2.45, 2.75) is 13.8 Å². The Morgan fingerprint density at radius 3 is 2.68 bits per heavy atom. The van der Waals surface area contributed by atoms with Crippen molar-refractivity contribution < 1.29 is 14.7 Å². The largest absolute Gasteiger partial charge is 0.478 e. The van der Waals surface area contributed by atoms with Crippen molar-refractivity contribution in [2.24, 2.45) is 0 Å². The highest BCUT2D eigenvalue weighted by Gasteiger charge is 2.19. The van der Waals surface area contributed by atoms with Crippen LogP contribution in [0.3, 0.4) is 0 Å². The fourth-order valence-electron chi connectivity index (χ4n) is 1.65. The molecule has 0 aliphatic carbocycles. The van der Waals surface area contributed by atoms with Gasteiger partial charge < -0.3 is 21.1 Å². The molecule has 0 aliphatic heterocycles. The van der Waals surface area contributed by atoms with Crippen molar-refractivity contribution in [1.82, 2.24) is 10.3 Å². The molecule has 0 aromatic carbocycles. The van der Waals surface area contributed by atoms with Crippen molar-refractivity contribution in [3.05, 3.63) is 17.8 Å². The van der Waals surface area contributed by atoms with Gasteiger partial charge in [-0.1, -0.05) is 0 Å². The Hall–Kier alpha value is -2.31. The predicted octanol–water partition coefficient (Wildman–Crippen LogP) is 0.324. The Morgan fingerprint density at radius 1 is 1.47 bits per heavy atom. The lowest BCUT2D eigenvalue weighted by atomic mass is 10.2. The second-order valence-corrected chi connectivity index (χ2v) is 3.91. The lowest BCUT2D eigenvalue weighted by Crippen LogP contribution is -2.38. The van der Waals surface area contributed by atoms with Crippen molar-refractivity contribution in [3.63, 3.8) is 0 Å². The summed E-state index contributed by atoms with van der Waals surface area (Å²) in [5.41, 5.74) is 5.80. The molecular weight excluding hydrogens is 248 g/mol. The number of aromatic carboxylic acids is 1. The summed E-state index contributed by atoms with van der Waals surface area (Å²) >= 11 is 0. The molecule has 0 spiro atoms. The summed E-state index contributed by atoms with van der Waals surface area (Å²) in [7, 11) is 0. The van der Waals surface area contributed by atoms with Crippen LogP contribution < -0.4 is 16.0 Å². The Labute approximate surface area is 111 Å². The number of hydrogen-bond donors (Lipinski definition) is 3. The highest BCUT2D eigenvalue weighted by atomic mass is 16.4. The molecule has 104 valence electrons. The number of carbonyl (C=O) groups excluding carboxylic acids is 1. The van der Waals surface area contributed by atoms with E-state index in [-0.39, 0.29) is 29.5 Å². The standard InChI is InChI=1S/C12H18N4O3/c1-3-14-10(17)7-16(4-2)11-9(12(18)19)5-8(13)6-15-11/h5-6H,3-4,7,13H2,1-2H3,(H,14,17)(H,18,19). The zero-order valence-electron chi connectivity index (χ0n) is 11.0. The van der Waals surface area contributed by atoms with Crippen LogP contribution in [0, 0.1) is 0 Å². The third-order valence-corrected chi connectivity index (χ3v) is 2.51. The monoisotopic (exact) mass is 266 g/mol. The molecule has 7 heteroatoms. The summed E-state index contributed by atoms with van der Waals surface area (Å²) in [5.74, 6) is -1.06. The van der Waals surface area contributed by atoms with E-state index >= 15 is 0 Å². The Kier molecular flexibility index (Phi) is 5.11. The Morgan fingerprint density at radius 2 is 2.16 bits per heavy atom. The molecule has 0 aliphatic rings. The van der Waals surface area contributed by atoms with Gasteiger partial charge in [0.1, 0.15) is 11.4 Å². The molecule has 4 N–H and O–H groups in total. The number of carboxylic acids is 1. The number of nitrogens with one attached hydrogen (secondary N) is 1. The molecule has 7 nitrogen and oxygen atoms in total. The predicted molar refractivity (Wildman–Crippen MR) is 72.2 cm³/mol. The van der Waals surface area contributed by atoms with Gasteiger partial charge in [0.2, 0.25) is 5.91 Å². The number of carboxylic acid groups (broad SMARTS) is 1. The lowest BCUT2D eigenvalue weighted by Gasteiger charge is -2.22. The average molecular weight is 266 g/mol. The van der Waals surface area contributed by atoms with E-state index in [1.54, 1.807) is 4.90 Å². The summed E-state index contributed by atoms with van der Waals surface area (Å²) in [6.45, 7) is 4.69. The molecule has 0 saturated heterocycles. The van der Waals surface area contributed by atoms with E-state index in [4.69, 9.17) is 10.8 Å². The molecule has 0 saturated carbocycles. The minimum atomic E-state index is -1.12. The lowest BCUT2D eigenvalue weighted by molar-refractivity contribution is -0.119. The molecule has 19 heavy (non-hydrogen) atoms. The van der Waals surface area contributed by atoms with Crippen LogP contribution in [0.25, 0.3) is 0 Å². The van der Waals surface area contributed by atoms with E-state index in [1.807, 2.05) is 13.8 Å². The fourth-order valence-corrected chi connectivity index (χ4v) is 1.65. The summed E-state index contributed by atoms with van der Waals surface area (Å²) in [6.07, 6.45) is 1.38. The van der Waals surface area contributed by atoms with Crippen LogP contribution >= 0.6 is 0 Å². The van der Waals surface area contributed by atoms with E-state index in [2.05, 4.69) is 10.3 Å². The van der Waals surface area contributed by atoms with Crippen LogP contribution in [0.5, 0.6) is 0 Å². The van der Waals surface area contributed by atoms with E-state index in [1.165, 1.54) is 12.3 Å². The van der Waals surface area contributed by atoms with Gasteiger partial charge in [-0.3, -0.25) is 4.79 Å². The summed E-state index contributed by atoms with van der Waals surface area (Å²) in [4.78, 5) is 28.4. The number of nitrogens with zero attached hydrogens (tertiary/aromatic N) is 2. The van der Waals surface area contributed by atoms with Gasteiger partial charge in [0.15, 0.2) is 0 Å². The topological polar surface area (TPSA) is 109 Å². The van der Waals surface area contributed by atoms with Gasteiger partial charge in [-0.2, -0.15) is 0 Å². The van der Waals surface area contributed by atoms with Crippen LogP contribution in [0.4, 0.5) is 11.5 Å². The SMILES string of the molecule is CCNC(=O)CN(CC)c1ncc(N)cc1C(=O)O. The second kappa shape index (κ2) is 6.58. The van der Waals surface area contributed by atoms with Crippen molar-refractivity contribution in [1.29, 1.82) is 0 Å². The van der Waals surface area contributed by atoms with Crippen molar-refractivity contribution >= 4 is 23.4 Å². The number of nitrogen functional groups attached to an aromatic ring is 1. The molecule has 0 radical (unpaired) electrons. The third-order valence-electron chi connectivity index (χ3n) is 2.51. The van der Waals surface area contributed by atoms with E-state index < -0.39 is 5.97 Å². The summed E-state index contributed by atoms with van der Waals surface area (Å²) < 4.78 is 0. The van der Waals surface area contributed by atoms with Crippen LogP contribution in [-0.2, 0) is 4.79 Å². The number of amides is 1. The Bertz CT molecular complexity index is 476.